The molecule has 2 rings (SSSR count). The van der Waals surface area contributed by atoms with Crippen molar-refractivity contribution in [1.29, 1.82) is 0 Å². The van der Waals surface area contributed by atoms with Gasteiger partial charge in [0.05, 0.1) is 6.54 Å². The standard InChI is InChI=1S/C19H23NO3S.BrH/c1-13(3-4-14-5-8-16(21)9-6-14)20-12-18(23)15-7-10-17(22)19(11-15)24-2;/h5-11,13,20-22H,3-4,12H2,1-2H3;1H. The molecule has 136 valence electrons. The largest absolute Gasteiger partial charge is 0.508 e. The summed E-state index contributed by atoms with van der Waals surface area (Å²) < 4.78 is 0. The number of aromatic hydroxyl groups is 2. The van der Waals surface area contributed by atoms with Crippen LogP contribution in [0.1, 0.15) is 29.3 Å². The molecule has 0 aliphatic heterocycles. The lowest BCUT2D eigenvalue weighted by atomic mass is 10.1. The van der Waals surface area contributed by atoms with Gasteiger partial charge in [0, 0.05) is 16.5 Å². The zero-order valence-electron chi connectivity index (χ0n) is 14.4. The maximum absolute atomic E-state index is 12.3. The molecule has 0 aliphatic carbocycles. The lowest BCUT2D eigenvalue weighted by Gasteiger charge is -2.13. The van der Waals surface area contributed by atoms with Crippen LogP contribution >= 0.6 is 28.7 Å². The SMILES string of the molecule is Br.CSc1cc(C(=O)CNC(C)CCc2ccc(O)cc2)ccc1O. The Morgan fingerprint density at radius 3 is 2.48 bits per heavy atom. The summed E-state index contributed by atoms with van der Waals surface area (Å²) in [4.78, 5) is 13.0. The van der Waals surface area contributed by atoms with Crippen molar-refractivity contribution in [3.8, 4) is 11.5 Å². The average Bonchev–Trinajstić information content (AvgIpc) is 2.59. The van der Waals surface area contributed by atoms with Gasteiger partial charge in [-0.15, -0.1) is 28.7 Å². The molecule has 2 aromatic carbocycles. The van der Waals surface area contributed by atoms with Crippen molar-refractivity contribution in [3.05, 3.63) is 53.6 Å². The molecule has 4 nitrogen and oxygen atoms in total. The Balaban J connectivity index is 0.00000312. The normalized spacial score (nSPS) is 11.6. The lowest BCUT2D eigenvalue weighted by molar-refractivity contribution is 0.0987. The second-order valence-electron chi connectivity index (χ2n) is 5.80. The first kappa shape index (κ1) is 21.5. The van der Waals surface area contributed by atoms with Gasteiger partial charge >= 0.3 is 0 Å². The molecule has 0 aromatic heterocycles. The second kappa shape index (κ2) is 10.5. The molecule has 25 heavy (non-hydrogen) atoms. The fraction of sp³-hybridized carbons (Fsp3) is 0.316. The molecule has 0 saturated carbocycles. The number of rotatable bonds is 8. The van der Waals surface area contributed by atoms with Crippen molar-refractivity contribution < 1.29 is 15.0 Å². The van der Waals surface area contributed by atoms with E-state index in [1.807, 2.05) is 18.4 Å². The van der Waals surface area contributed by atoms with Gasteiger partial charge < -0.3 is 15.5 Å². The highest BCUT2D eigenvalue weighted by Crippen LogP contribution is 2.27. The third-order valence-electron chi connectivity index (χ3n) is 3.92. The van der Waals surface area contributed by atoms with Crippen LogP contribution in [0.15, 0.2) is 47.4 Å². The molecule has 0 bridgehead atoms. The number of carbonyl (C=O) groups is 1. The van der Waals surface area contributed by atoms with Gasteiger partial charge in [-0.05, 0) is 61.9 Å². The number of aryl methyl sites for hydroxylation is 1. The van der Waals surface area contributed by atoms with E-state index < -0.39 is 0 Å². The molecule has 0 aliphatic rings. The van der Waals surface area contributed by atoms with Gasteiger partial charge in [0.1, 0.15) is 11.5 Å². The molecule has 0 radical (unpaired) electrons. The fourth-order valence-electron chi connectivity index (χ4n) is 2.37. The number of phenols is 2. The molecule has 6 heteroatoms. The van der Waals surface area contributed by atoms with Crippen LogP contribution in [-0.2, 0) is 6.42 Å². The number of Topliss-reactive ketones (excluding diaryl/α,β-unsaturated/α-hetero) is 1. The van der Waals surface area contributed by atoms with Crippen molar-refractivity contribution in [2.45, 2.75) is 30.7 Å². The van der Waals surface area contributed by atoms with E-state index in [2.05, 4.69) is 12.2 Å². The van der Waals surface area contributed by atoms with Gasteiger partial charge in [-0.1, -0.05) is 12.1 Å². The van der Waals surface area contributed by atoms with Crippen LogP contribution in [-0.4, -0.2) is 34.8 Å². The van der Waals surface area contributed by atoms with Crippen LogP contribution in [0.5, 0.6) is 11.5 Å². The number of carbonyl (C=O) groups excluding carboxylic acids is 1. The number of hydrogen-bond donors (Lipinski definition) is 3. The average molecular weight is 426 g/mol. The Morgan fingerprint density at radius 2 is 1.84 bits per heavy atom. The first-order valence-corrected chi connectivity index (χ1v) is 9.13. The van der Waals surface area contributed by atoms with Crippen LogP contribution in [0.2, 0.25) is 0 Å². The highest BCUT2D eigenvalue weighted by Gasteiger charge is 2.11. The van der Waals surface area contributed by atoms with Crippen LogP contribution in [0.4, 0.5) is 0 Å². The Kier molecular flexibility index (Phi) is 9.03. The van der Waals surface area contributed by atoms with Crippen molar-refractivity contribution >= 4 is 34.5 Å². The predicted molar refractivity (Wildman–Crippen MR) is 108 cm³/mol. The summed E-state index contributed by atoms with van der Waals surface area (Å²) in [7, 11) is 0. The van der Waals surface area contributed by atoms with Crippen LogP contribution < -0.4 is 5.32 Å². The molecule has 0 saturated heterocycles. The van der Waals surface area contributed by atoms with Crippen molar-refractivity contribution in [2.75, 3.05) is 12.8 Å². The Labute approximate surface area is 163 Å². The maximum Gasteiger partial charge on any atom is 0.176 e. The zero-order valence-corrected chi connectivity index (χ0v) is 16.9. The molecule has 1 unspecified atom stereocenters. The predicted octanol–water partition coefficient (Wildman–Crippen LogP) is 4.19. The van der Waals surface area contributed by atoms with Gasteiger partial charge in [-0.2, -0.15) is 0 Å². The molecule has 2 aromatic rings. The number of phenolic OH excluding ortho intramolecular Hbond substituents is 2. The van der Waals surface area contributed by atoms with Crippen LogP contribution in [0.3, 0.4) is 0 Å². The minimum Gasteiger partial charge on any atom is -0.508 e. The van der Waals surface area contributed by atoms with E-state index in [-0.39, 0.29) is 46.9 Å². The molecule has 0 fully saturated rings. The van der Waals surface area contributed by atoms with Crippen LogP contribution in [0, 0.1) is 0 Å². The Hall–Kier alpha value is -1.50. The molecular formula is C19H24BrNO3S. The first-order valence-electron chi connectivity index (χ1n) is 7.91. The highest BCUT2D eigenvalue weighted by molar-refractivity contribution is 8.93. The minimum absolute atomic E-state index is 0. The second-order valence-corrected chi connectivity index (χ2v) is 6.64. The summed E-state index contributed by atoms with van der Waals surface area (Å²) in [6, 6.07) is 12.3. The van der Waals surface area contributed by atoms with Gasteiger partial charge in [0.2, 0.25) is 0 Å². The fourth-order valence-corrected chi connectivity index (χ4v) is 2.89. The van der Waals surface area contributed by atoms with Crippen LogP contribution in [0.25, 0.3) is 0 Å². The van der Waals surface area contributed by atoms with E-state index in [0.29, 0.717) is 10.5 Å². The number of hydrogen-bond acceptors (Lipinski definition) is 5. The molecule has 0 heterocycles. The molecule has 3 N–H and O–H groups in total. The number of benzene rings is 2. The minimum atomic E-state index is 0. The van der Waals surface area contributed by atoms with E-state index in [0.717, 1.165) is 18.4 Å². The van der Waals surface area contributed by atoms with Gasteiger partial charge in [0.15, 0.2) is 5.78 Å². The highest BCUT2D eigenvalue weighted by atomic mass is 79.9. The van der Waals surface area contributed by atoms with Gasteiger partial charge in [0.25, 0.3) is 0 Å². The van der Waals surface area contributed by atoms with Crippen molar-refractivity contribution in [3.63, 3.8) is 0 Å². The van der Waals surface area contributed by atoms with E-state index >= 15 is 0 Å². The number of ketones is 1. The molecule has 0 spiro atoms. The monoisotopic (exact) mass is 425 g/mol. The zero-order chi connectivity index (χ0) is 17.5. The van der Waals surface area contributed by atoms with E-state index in [1.54, 1.807) is 30.3 Å². The first-order chi connectivity index (χ1) is 11.5. The number of halogens is 1. The summed E-state index contributed by atoms with van der Waals surface area (Å²) in [6.07, 6.45) is 3.66. The summed E-state index contributed by atoms with van der Waals surface area (Å²) in [5, 5.41) is 22.2. The molecule has 1 atom stereocenters. The Morgan fingerprint density at radius 1 is 1.16 bits per heavy atom. The van der Waals surface area contributed by atoms with E-state index in [9.17, 15) is 15.0 Å². The topological polar surface area (TPSA) is 69.6 Å². The quantitative estimate of drug-likeness (QED) is 0.436. The third-order valence-corrected chi connectivity index (χ3v) is 4.68. The lowest BCUT2D eigenvalue weighted by Crippen LogP contribution is -2.31. The summed E-state index contributed by atoms with van der Waals surface area (Å²) in [6.45, 7) is 2.33. The summed E-state index contributed by atoms with van der Waals surface area (Å²) >= 11 is 1.42. The number of thioether (sulfide) groups is 1. The third kappa shape index (κ3) is 6.72. The molecular weight excluding hydrogens is 402 g/mol. The Bertz CT molecular complexity index is 692. The van der Waals surface area contributed by atoms with E-state index in [4.69, 9.17) is 0 Å². The van der Waals surface area contributed by atoms with E-state index in [1.165, 1.54) is 11.8 Å². The van der Waals surface area contributed by atoms with Gasteiger partial charge in [-0.3, -0.25) is 4.79 Å². The molecule has 0 amide bonds. The number of nitrogens with one attached hydrogen (secondary N) is 1. The summed E-state index contributed by atoms with van der Waals surface area (Å²) in [5.74, 6) is 0.491. The van der Waals surface area contributed by atoms with Crippen molar-refractivity contribution in [2.24, 2.45) is 0 Å². The van der Waals surface area contributed by atoms with Gasteiger partial charge in [-0.25, -0.2) is 0 Å². The maximum atomic E-state index is 12.3. The summed E-state index contributed by atoms with van der Waals surface area (Å²) in [5.41, 5.74) is 1.77. The van der Waals surface area contributed by atoms with Crippen molar-refractivity contribution in [1.82, 2.24) is 5.32 Å². The smallest absolute Gasteiger partial charge is 0.176 e.